The summed E-state index contributed by atoms with van der Waals surface area (Å²) in [6, 6.07) is 13.9. The summed E-state index contributed by atoms with van der Waals surface area (Å²) >= 11 is 0. The number of esters is 1. The molecule has 3 rings (SSSR count). The molecule has 1 aliphatic heterocycles. The van der Waals surface area contributed by atoms with E-state index in [-0.39, 0.29) is 6.61 Å². The highest BCUT2D eigenvalue weighted by molar-refractivity contribution is 5.91. The van der Waals surface area contributed by atoms with Crippen molar-refractivity contribution in [2.45, 2.75) is 19.4 Å². The second-order valence-corrected chi connectivity index (χ2v) is 6.03. The van der Waals surface area contributed by atoms with Crippen LogP contribution in [0.1, 0.15) is 22.8 Å². The lowest BCUT2D eigenvalue weighted by molar-refractivity contribution is -0.135. The van der Waals surface area contributed by atoms with Gasteiger partial charge in [-0.1, -0.05) is 31.2 Å². The normalized spacial score (nSPS) is 14.7. The molecule has 1 atom stereocenters. The van der Waals surface area contributed by atoms with Crippen molar-refractivity contribution in [3.8, 4) is 11.5 Å². The Morgan fingerprint density at radius 2 is 1.75 bits per heavy atom. The zero-order chi connectivity index (χ0) is 19.9. The van der Waals surface area contributed by atoms with Crippen molar-refractivity contribution in [1.29, 1.82) is 0 Å². The number of para-hydroxylation sites is 2. The molecule has 0 unspecified atom stereocenters. The number of rotatable bonds is 5. The minimum absolute atomic E-state index is 0.0153. The fraction of sp³-hybridized carbons (Fsp3) is 0.250. The molecule has 146 valence electrons. The number of fused-ring (bicyclic) bond motifs is 1. The van der Waals surface area contributed by atoms with Gasteiger partial charge in [0, 0.05) is 0 Å². The molecule has 0 aliphatic carbocycles. The predicted molar refractivity (Wildman–Crippen MR) is 98.7 cm³/mol. The summed E-state index contributed by atoms with van der Waals surface area (Å²) in [5.74, 6) is -0.879. The van der Waals surface area contributed by atoms with Crippen LogP contribution in [0.25, 0.3) is 0 Å². The summed E-state index contributed by atoms with van der Waals surface area (Å²) in [5, 5.41) is 0. The van der Waals surface area contributed by atoms with Gasteiger partial charge in [0.25, 0.3) is 11.8 Å². The Bertz CT molecular complexity index is 865. The first kappa shape index (κ1) is 19.2. The van der Waals surface area contributed by atoms with E-state index in [1.54, 1.807) is 36.4 Å². The Balaban J connectivity index is 1.41. The lowest BCUT2D eigenvalue weighted by atomic mass is 10.1. The molecule has 8 nitrogen and oxygen atoms in total. The number of hydrazine groups is 1. The van der Waals surface area contributed by atoms with Gasteiger partial charge in [-0.05, 0) is 36.2 Å². The van der Waals surface area contributed by atoms with E-state index in [0.717, 1.165) is 12.0 Å². The van der Waals surface area contributed by atoms with E-state index in [9.17, 15) is 14.4 Å². The number of benzene rings is 2. The van der Waals surface area contributed by atoms with Gasteiger partial charge in [0.2, 0.25) is 6.10 Å². The third kappa shape index (κ3) is 4.79. The second-order valence-electron chi connectivity index (χ2n) is 6.03. The zero-order valence-corrected chi connectivity index (χ0v) is 15.3. The molecule has 2 N–H and O–H groups in total. The molecule has 28 heavy (non-hydrogen) atoms. The van der Waals surface area contributed by atoms with Gasteiger partial charge in [0.15, 0.2) is 18.1 Å². The number of nitrogens with one attached hydrogen (secondary N) is 2. The molecule has 1 heterocycles. The highest BCUT2D eigenvalue weighted by Gasteiger charge is 2.27. The first-order valence-electron chi connectivity index (χ1n) is 8.80. The van der Waals surface area contributed by atoms with Crippen LogP contribution >= 0.6 is 0 Å². The first-order chi connectivity index (χ1) is 13.6. The molecule has 0 saturated carbocycles. The SMILES string of the molecule is CCc1ccc(C(=O)OCC(=O)NNC(=O)[C@H]2COc3ccccc3O2)cc1. The maximum Gasteiger partial charge on any atom is 0.338 e. The van der Waals surface area contributed by atoms with Gasteiger partial charge in [0.1, 0.15) is 6.61 Å². The Morgan fingerprint density at radius 3 is 2.46 bits per heavy atom. The Morgan fingerprint density at radius 1 is 1.04 bits per heavy atom. The fourth-order valence-electron chi connectivity index (χ4n) is 2.49. The highest BCUT2D eigenvalue weighted by Crippen LogP contribution is 2.30. The van der Waals surface area contributed by atoms with Gasteiger partial charge >= 0.3 is 5.97 Å². The first-order valence-corrected chi connectivity index (χ1v) is 8.80. The van der Waals surface area contributed by atoms with E-state index in [4.69, 9.17) is 14.2 Å². The van der Waals surface area contributed by atoms with Crippen LogP contribution in [0.2, 0.25) is 0 Å². The summed E-state index contributed by atoms with van der Waals surface area (Å²) in [7, 11) is 0. The van der Waals surface area contributed by atoms with Crippen LogP contribution < -0.4 is 20.3 Å². The molecular weight excluding hydrogens is 364 g/mol. The maximum absolute atomic E-state index is 12.1. The van der Waals surface area contributed by atoms with Crippen LogP contribution in [0.4, 0.5) is 0 Å². The molecule has 0 fully saturated rings. The van der Waals surface area contributed by atoms with Crippen LogP contribution in [-0.4, -0.2) is 37.1 Å². The average molecular weight is 384 g/mol. The van der Waals surface area contributed by atoms with Crippen molar-refractivity contribution >= 4 is 17.8 Å². The Kier molecular flexibility index (Phi) is 6.11. The molecular formula is C20H20N2O6. The largest absolute Gasteiger partial charge is 0.485 e. The highest BCUT2D eigenvalue weighted by atomic mass is 16.6. The van der Waals surface area contributed by atoms with Crippen LogP contribution in [0.3, 0.4) is 0 Å². The van der Waals surface area contributed by atoms with Crippen LogP contribution in [-0.2, 0) is 20.7 Å². The lowest BCUT2D eigenvalue weighted by Gasteiger charge is -2.25. The molecule has 0 aromatic heterocycles. The molecule has 1 aliphatic rings. The average Bonchev–Trinajstić information content (AvgIpc) is 2.75. The quantitative estimate of drug-likeness (QED) is 0.597. The third-order valence-electron chi connectivity index (χ3n) is 4.06. The summed E-state index contributed by atoms with van der Waals surface area (Å²) in [5.41, 5.74) is 5.84. The minimum Gasteiger partial charge on any atom is -0.485 e. The van der Waals surface area contributed by atoms with Crippen LogP contribution in [0.5, 0.6) is 11.5 Å². The summed E-state index contributed by atoms with van der Waals surface area (Å²) in [6.07, 6.45) is -0.0477. The van der Waals surface area contributed by atoms with E-state index < -0.39 is 30.5 Å². The molecule has 0 bridgehead atoms. The molecule has 2 amide bonds. The number of hydrogen-bond acceptors (Lipinski definition) is 6. The van der Waals surface area contributed by atoms with Crippen molar-refractivity contribution < 1.29 is 28.6 Å². The maximum atomic E-state index is 12.1. The van der Waals surface area contributed by atoms with E-state index >= 15 is 0 Å². The zero-order valence-electron chi connectivity index (χ0n) is 15.3. The van der Waals surface area contributed by atoms with E-state index in [1.807, 2.05) is 19.1 Å². The summed E-state index contributed by atoms with van der Waals surface area (Å²) < 4.78 is 15.9. The molecule has 2 aromatic rings. The van der Waals surface area contributed by atoms with Crippen molar-refractivity contribution in [3.05, 3.63) is 59.7 Å². The van der Waals surface area contributed by atoms with E-state index in [1.165, 1.54) is 0 Å². The molecule has 8 heteroatoms. The molecule has 0 radical (unpaired) electrons. The number of carbonyl (C=O) groups is 3. The third-order valence-corrected chi connectivity index (χ3v) is 4.06. The van der Waals surface area contributed by atoms with E-state index in [0.29, 0.717) is 17.1 Å². The van der Waals surface area contributed by atoms with Crippen molar-refractivity contribution in [2.75, 3.05) is 13.2 Å². The topological polar surface area (TPSA) is 103 Å². The Labute approximate surface area is 161 Å². The number of amides is 2. The van der Waals surface area contributed by atoms with Gasteiger partial charge in [-0.25, -0.2) is 4.79 Å². The lowest BCUT2D eigenvalue weighted by Crippen LogP contribution is -2.51. The predicted octanol–water partition coefficient (Wildman–Crippen LogP) is 1.39. The van der Waals surface area contributed by atoms with Gasteiger partial charge in [-0.2, -0.15) is 0 Å². The number of hydrogen-bond donors (Lipinski definition) is 2. The second kappa shape index (κ2) is 8.90. The smallest absolute Gasteiger partial charge is 0.338 e. The van der Waals surface area contributed by atoms with Gasteiger partial charge < -0.3 is 14.2 Å². The molecule has 2 aromatic carbocycles. The monoisotopic (exact) mass is 384 g/mol. The van der Waals surface area contributed by atoms with Crippen molar-refractivity contribution in [3.63, 3.8) is 0 Å². The Hall–Kier alpha value is -3.55. The number of aryl methyl sites for hydroxylation is 1. The van der Waals surface area contributed by atoms with E-state index in [2.05, 4.69) is 10.9 Å². The molecule has 0 spiro atoms. The van der Waals surface area contributed by atoms with Gasteiger partial charge in [0.05, 0.1) is 5.56 Å². The summed E-state index contributed by atoms with van der Waals surface area (Å²) in [6.45, 7) is 1.50. The van der Waals surface area contributed by atoms with Crippen LogP contribution in [0, 0.1) is 0 Å². The van der Waals surface area contributed by atoms with Gasteiger partial charge in [-0.3, -0.25) is 20.4 Å². The van der Waals surface area contributed by atoms with Crippen molar-refractivity contribution in [1.82, 2.24) is 10.9 Å². The van der Waals surface area contributed by atoms with Crippen LogP contribution in [0.15, 0.2) is 48.5 Å². The standard InChI is InChI=1S/C20H20N2O6/c1-2-13-7-9-14(10-8-13)20(25)27-12-18(23)21-22-19(24)17-11-26-15-5-3-4-6-16(15)28-17/h3-10,17H,2,11-12H2,1H3,(H,21,23)(H,22,24)/t17-/m1/s1. The van der Waals surface area contributed by atoms with Gasteiger partial charge in [-0.15, -0.1) is 0 Å². The summed E-state index contributed by atoms with van der Waals surface area (Å²) in [4.78, 5) is 35.8. The fourth-order valence-corrected chi connectivity index (χ4v) is 2.49. The molecule has 0 saturated heterocycles. The number of carbonyl (C=O) groups excluding carboxylic acids is 3. The number of ether oxygens (including phenoxy) is 3. The van der Waals surface area contributed by atoms with Crippen molar-refractivity contribution in [2.24, 2.45) is 0 Å². The minimum atomic E-state index is -0.908.